The van der Waals surface area contributed by atoms with E-state index in [1.165, 1.54) is 0 Å². The summed E-state index contributed by atoms with van der Waals surface area (Å²) in [4.78, 5) is 40.3. The summed E-state index contributed by atoms with van der Waals surface area (Å²) in [6.45, 7) is 1.92. The second kappa shape index (κ2) is 8.16. The Hall–Kier alpha value is -2.78. The molecule has 1 unspecified atom stereocenters. The van der Waals surface area contributed by atoms with E-state index in [9.17, 15) is 14.4 Å². The fraction of sp³-hybridized carbons (Fsp3) is 0.524. The van der Waals surface area contributed by atoms with Gasteiger partial charge in [-0.3, -0.25) is 24.7 Å². The Morgan fingerprint density at radius 3 is 2.63 bits per heavy atom. The summed E-state index contributed by atoms with van der Waals surface area (Å²) in [5, 5.41) is 13.9. The Morgan fingerprint density at radius 2 is 1.93 bits per heavy atom. The van der Waals surface area contributed by atoms with Crippen LogP contribution >= 0.6 is 0 Å². The number of ether oxygens (including phenoxy) is 1. The van der Waals surface area contributed by atoms with Gasteiger partial charge < -0.3 is 20.3 Å². The number of amides is 3. The molecule has 3 N–H and O–H groups in total. The SMILES string of the molecule is CN(C)CCNC1CC(Oc2ccc3c(c2)C(=O)N(C2CCC(=O)NC2=N)C3=O)C1. The van der Waals surface area contributed by atoms with Crippen LogP contribution in [0.25, 0.3) is 0 Å². The van der Waals surface area contributed by atoms with Gasteiger partial charge in [-0.05, 0) is 51.6 Å². The van der Waals surface area contributed by atoms with Gasteiger partial charge in [0.25, 0.3) is 11.8 Å². The molecule has 0 bridgehead atoms. The number of hydrogen-bond donors (Lipinski definition) is 3. The van der Waals surface area contributed by atoms with Gasteiger partial charge in [-0.1, -0.05) is 0 Å². The first kappa shape index (κ1) is 20.5. The molecule has 2 aliphatic heterocycles. The number of imide groups is 1. The number of nitrogens with zero attached hydrogens (tertiary/aromatic N) is 2. The summed E-state index contributed by atoms with van der Waals surface area (Å²) in [7, 11) is 4.09. The highest BCUT2D eigenvalue weighted by Gasteiger charge is 2.43. The minimum Gasteiger partial charge on any atom is -0.490 e. The number of fused-ring (bicyclic) bond motifs is 1. The highest BCUT2D eigenvalue weighted by Crippen LogP contribution is 2.32. The number of hydrogen-bond acceptors (Lipinski definition) is 7. The second-order valence-electron chi connectivity index (χ2n) is 8.37. The van der Waals surface area contributed by atoms with E-state index in [2.05, 4.69) is 15.5 Å². The van der Waals surface area contributed by atoms with E-state index in [4.69, 9.17) is 10.1 Å². The third-order valence-electron chi connectivity index (χ3n) is 5.84. The third kappa shape index (κ3) is 3.95. The molecule has 1 aromatic rings. The van der Waals surface area contributed by atoms with Crippen molar-refractivity contribution in [3.05, 3.63) is 29.3 Å². The lowest BCUT2D eigenvalue weighted by Crippen LogP contribution is -2.53. The zero-order valence-corrected chi connectivity index (χ0v) is 17.2. The topological polar surface area (TPSA) is 115 Å². The molecule has 1 aromatic carbocycles. The van der Waals surface area contributed by atoms with E-state index < -0.39 is 17.9 Å². The van der Waals surface area contributed by atoms with Gasteiger partial charge in [0.05, 0.1) is 17.2 Å². The van der Waals surface area contributed by atoms with Gasteiger partial charge in [0.15, 0.2) is 0 Å². The highest BCUT2D eigenvalue weighted by atomic mass is 16.5. The predicted octanol–water partition coefficient (Wildman–Crippen LogP) is 0.599. The molecule has 0 radical (unpaired) electrons. The maximum Gasteiger partial charge on any atom is 0.262 e. The Morgan fingerprint density at radius 1 is 1.20 bits per heavy atom. The Labute approximate surface area is 175 Å². The van der Waals surface area contributed by atoms with Crippen LogP contribution in [0.5, 0.6) is 5.75 Å². The number of nitrogens with one attached hydrogen (secondary N) is 3. The first-order valence-corrected chi connectivity index (χ1v) is 10.3. The lowest BCUT2D eigenvalue weighted by molar-refractivity contribution is -0.120. The molecule has 1 saturated heterocycles. The van der Waals surface area contributed by atoms with E-state index in [1.54, 1.807) is 18.2 Å². The lowest BCUT2D eigenvalue weighted by atomic mass is 9.89. The van der Waals surface area contributed by atoms with Crippen molar-refractivity contribution < 1.29 is 19.1 Å². The Balaban J connectivity index is 1.37. The van der Waals surface area contributed by atoms with Crippen LogP contribution in [-0.2, 0) is 4.79 Å². The van der Waals surface area contributed by atoms with Crippen molar-refractivity contribution in [2.45, 2.75) is 43.9 Å². The Kier molecular flexibility index (Phi) is 5.57. The van der Waals surface area contributed by atoms with Gasteiger partial charge in [-0.15, -0.1) is 0 Å². The van der Waals surface area contributed by atoms with Crippen LogP contribution < -0.4 is 15.4 Å². The normalized spacial score (nSPS) is 26.0. The molecule has 4 rings (SSSR count). The molecule has 0 aromatic heterocycles. The standard InChI is InChI=1S/C21H27N5O4/c1-25(2)8-7-23-12-9-14(10-12)30-13-3-4-15-16(11-13)21(29)26(20(15)28)17-5-6-18(27)24-19(17)22/h3-4,11-12,14,17,23H,5-10H2,1-2H3,(H2,22,24,27). The van der Waals surface area contributed by atoms with Crippen LogP contribution in [0.1, 0.15) is 46.4 Å². The molecular formula is C21H27N5O4. The molecule has 3 amide bonds. The average Bonchev–Trinajstić information content (AvgIpc) is 2.90. The fourth-order valence-corrected chi connectivity index (χ4v) is 4.07. The molecule has 1 saturated carbocycles. The van der Waals surface area contributed by atoms with E-state index in [0.717, 1.165) is 30.8 Å². The van der Waals surface area contributed by atoms with Gasteiger partial charge in [0.2, 0.25) is 5.91 Å². The second-order valence-corrected chi connectivity index (χ2v) is 8.37. The van der Waals surface area contributed by atoms with E-state index in [-0.39, 0.29) is 30.7 Å². The summed E-state index contributed by atoms with van der Waals surface area (Å²) >= 11 is 0. The van der Waals surface area contributed by atoms with E-state index in [1.807, 2.05) is 14.1 Å². The molecule has 9 heteroatoms. The van der Waals surface area contributed by atoms with Crippen LogP contribution in [0, 0.1) is 5.41 Å². The zero-order chi connectivity index (χ0) is 21.4. The first-order chi connectivity index (χ1) is 14.3. The molecule has 160 valence electrons. The summed E-state index contributed by atoms with van der Waals surface area (Å²) < 4.78 is 6.00. The summed E-state index contributed by atoms with van der Waals surface area (Å²) in [5.41, 5.74) is 0.607. The van der Waals surface area contributed by atoms with Gasteiger partial charge in [0, 0.05) is 25.6 Å². The fourth-order valence-electron chi connectivity index (χ4n) is 4.07. The smallest absolute Gasteiger partial charge is 0.262 e. The van der Waals surface area contributed by atoms with Crippen LogP contribution in [0.4, 0.5) is 0 Å². The largest absolute Gasteiger partial charge is 0.490 e. The molecule has 1 atom stereocenters. The van der Waals surface area contributed by atoms with Crippen molar-refractivity contribution in [3.63, 3.8) is 0 Å². The molecule has 9 nitrogen and oxygen atoms in total. The average molecular weight is 413 g/mol. The van der Waals surface area contributed by atoms with Gasteiger partial charge in [-0.25, -0.2) is 0 Å². The van der Waals surface area contributed by atoms with Crippen molar-refractivity contribution in [2.75, 3.05) is 27.2 Å². The minimum absolute atomic E-state index is 0.0879. The number of carbonyl (C=O) groups is 3. The minimum atomic E-state index is -0.736. The summed E-state index contributed by atoms with van der Waals surface area (Å²) in [5.74, 6) is -0.678. The number of amidine groups is 1. The molecule has 3 aliphatic rings. The van der Waals surface area contributed by atoms with Crippen LogP contribution in [0.15, 0.2) is 18.2 Å². The van der Waals surface area contributed by atoms with E-state index >= 15 is 0 Å². The monoisotopic (exact) mass is 413 g/mol. The summed E-state index contributed by atoms with van der Waals surface area (Å²) in [6, 6.07) is 4.65. The molecule has 30 heavy (non-hydrogen) atoms. The van der Waals surface area contributed by atoms with Crippen LogP contribution in [0.2, 0.25) is 0 Å². The van der Waals surface area contributed by atoms with E-state index in [0.29, 0.717) is 22.9 Å². The highest BCUT2D eigenvalue weighted by molar-refractivity contribution is 6.23. The summed E-state index contributed by atoms with van der Waals surface area (Å²) in [6.07, 6.45) is 2.35. The van der Waals surface area contributed by atoms with Crippen molar-refractivity contribution in [2.24, 2.45) is 0 Å². The number of benzene rings is 1. The van der Waals surface area contributed by atoms with Gasteiger partial charge >= 0.3 is 0 Å². The van der Waals surface area contributed by atoms with Crippen molar-refractivity contribution in [3.8, 4) is 5.75 Å². The van der Waals surface area contributed by atoms with Gasteiger partial charge in [0.1, 0.15) is 17.7 Å². The molecule has 2 fully saturated rings. The molecule has 2 heterocycles. The lowest BCUT2D eigenvalue weighted by Gasteiger charge is -2.36. The zero-order valence-electron chi connectivity index (χ0n) is 17.2. The van der Waals surface area contributed by atoms with Crippen molar-refractivity contribution in [1.82, 2.24) is 20.4 Å². The van der Waals surface area contributed by atoms with Crippen molar-refractivity contribution >= 4 is 23.6 Å². The predicted molar refractivity (Wildman–Crippen MR) is 110 cm³/mol. The van der Waals surface area contributed by atoms with Gasteiger partial charge in [-0.2, -0.15) is 0 Å². The Bertz CT molecular complexity index is 893. The quantitative estimate of drug-likeness (QED) is 0.564. The molecule has 0 spiro atoms. The van der Waals surface area contributed by atoms with Crippen LogP contribution in [-0.4, -0.2) is 78.7 Å². The molecule has 1 aliphatic carbocycles. The number of rotatable bonds is 7. The number of piperidine rings is 1. The maximum absolute atomic E-state index is 12.9. The number of carbonyl (C=O) groups excluding carboxylic acids is 3. The first-order valence-electron chi connectivity index (χ1n) is 10.3. The maximum atomic E-state index is 12.9. The molecular weight excluding hydrogens is 386 g/mol. The van der Waals surface area contributed by atoms with Crippen molar-refractivity contribution in [1.29, 1.82) is 5.41 Å². The van der Waals surface area contributed by atoms with Crippen LogP contribution in [0.3, 0.4) is 0 Å². The third-order valence-corrected chi connectivity index (χ3v) is 5.84. The number of likely N-dealkylation sites (N-methyl/N-ethyl adjacent to an activating group) is 1.